The molecule has 0 aliphatic rings. The van der Waals surface area contributed by atoms with Gasteiger partial charge in [0.25, 0.3) is 5.69 Å². The molecule has 0 fully saturated rings. The van der Waals surface area contributed by atoms with E-state index in [1.165, 1.54) is 24.4 Å². The van der Waals surface area contributed by atoms with Gasteiger partial charge >= 0.3 is 0 Å². The standard InChI is InChI=1S/C12H10BrClN4O3/c1-2-15-12-16-6-8(13)11(17-12)21-10-5-7(18(19)20)3-4-9(10)14/h3-6H,2H2,1H3,(H,15,16,17). The van der Waals surface area contributed by atoms with E-state index in [4.69, 9.17) is 16.3 Å². The van der Waals surface area contributed by atoms with Crippen molar-refractivity contribution in [3.05, 3.63) is 44.0 Å². The summed E-state index contributed by atoms with van der Waals surface area (Å²) < 4.78 is 6.05. The van der Waals surface area contributed by atoms with Crippen LogP contribution >= 0.6 is 27.5 Å². The highest BCUT2D eigenvalue weighted by Crippen LogP contribution is 2.34. The Morgan fingerprint density at radius 2 is 2.29 bits per heavy atom. The van der Waals surface area contributed by atoms with Gasteiger partial charge in [0.05, 0.1) is 26.7 Å². The lowest BCUT2D eigenvalue weighted by Gasteiger charge is -2.09. The molecule has 9 heteroatoms. The normalized spacial score (nSPS) is 10.2. The molecular weight excluding hydrogens is 364 g/mol. The van der Waals surface area contributed by atoms with E-state index in [-0.39, 0.29) is 22.3 Å². The largest absolute Gasteiger partial charge is 0.436 e. The monoisotopic (exact) mass is 372 g/mol. The lowest BCUT2D eigenvalue weighted by Crippen LogP contribution is -2.03. The molecule has 2 rings (SSSR count). The highest BCUT2D eigenvalue weighted by atomic mass is 79.9. The number of hydrogen-bond acceptors (Lipinski definition) is 6. The summed E-state index contributed by atoms with van der Waals surface area (Å²) in [7, 11) is 0. The Morgan fingerprint density at radius 1 is 1.52 bits per heavy atom. The van der Waals surface area contributed by atoms with Crippen molar-refractivity contribution in [3.8, 4) is 11.6 Å². The molecule has 0 saturated carbocycles. The van der Waals surface area contributed by atoms with Gasteiger partial charge in [0.15, 0.2) is 5.75 Å². The predicted molar refractivity (Wildman–Crippen MR) is 82.1 cm³/mol. The van der Waals surface area contributed by atoms with E-state index >= 15 is 0 Å². The predicted octanol–water partition coefficient (Wildman–Crippen LogP) is 4.02. The summed E-state index contributed by atoms with van der Waals surface area (Å²) >= 11 is 9.24. The van der Waals surface area contributed by atoms with Gasteiger partial charge in [-0.15, -0.1) is 0 Å². The average molecular weight is 374 g/mol. The third-order valence-corrected chi connectivity index (χ3v) is 3.24. The van der Waals surface area contributed by atoms with Gasteiger partial charge in [-0.3, -0.25) is 10.1 Å². The number of rotatable bonds is 5. The maximum atomic E-state index is 10.8. The van der Waals surface area contributed by atoms with E-state index in [1.54, 1.807) is 0 Å². The minimum absolute atomic E-state index is 0.119. The second kappa shape index (κ2) is 6.68. The first-order valence-electron chi connectivity index (χ1n) is 5.89. The second-order valence-electron chi connectivity index (χ2n) is 3.85. The fourth-order valence-electron chi connectivity index (χ4n) is 1.45. The molecule has 7 nitrogen and oxygen atoms in total. The van der Waals surface area contributed by atoms with E-state index in [1.807, 2.05) is 6.92 Å². The number of halogens is 2. The topological polar surface area (TPSA) is 90.2 Å². The van der Waals surface area contributed by atoms with Crippen LogP contribution in [0.3, 0.4) is 0 Å². The zero-order valence-corrected chi connectivity index (χ0v) is 13.2. The van der Waals surface area contributed by atoms with Gasteiger partial charge in [-0.25, -0.2) is 4.98 Å². The Labute approximate surface area is 133 Å². The lowest BCUT2D eigenvalue weighted by molar-refractivity contribution is -0.384. The number of anilines is 1. The molecule has 1 aromatic heterocycles. The molecule has 1 heterocycles. The minimum atomic E-state index is -0.526. The zero-order chi connectivity index (χ0) is 15.4. The van der Waals surface area contributed by atoms with E-state index in [9.17, 15) is 10.1 Å². The fraction of sp³-hybridized carbons (Fsp3) is 0.167. The van der Waals surface area contributed by atoms with E-state index < -0.39 is 4.92 Å². The second-order valence-corrected chi connectivity index (χ2v) is 5.11. The summed E-state index contributed by atoms with van der Waals surface area (Å²) in [6, 6.07) is 3.94. The maximum Gasteiger partial charge on any atom is 0.273 e. The molecule has 0 aliphatic carbocycles. The summed E-state index contributed by atoms with van der Waals surface area (Å²) in [5.41, 5.74) is -0.119. The summed E-state index contributed by atoms with van der Waals surface area (Å²) in [5.74, 6) is 0.744. The quantitative estimate of drug-likeness (QED) is 0.628. The third-order valence-electron chi connectivity index (χ3n) is 2.38. The molecular formula is C12H10BrClN4O3. The summed E-state index contributed by atoms with van der Waals surface area (Å²) in [6.07, 6.45) is 1.52. The number of non-ortho nitro benzene ring substituents is 1. The highest BCUT2D eigenvalue weighted by Gasteiger charge is 2.14. The Hall–Kier alpha value is -1.93. The first-order chi connectivity index (χ1) is 10.0. The Morgan fingerprint density at radius 3 is 2.95 bits per heavy atom. The molecule has 0 aliphatic heterocycles. The Bertz CT molecular complexity index is 684. The van der Waals surface area contributed by atoms with Crippen molar-refractivity contribution in [2.24, 2.45) is 0 Å². The molecule has 110 valence electrons. The van der Waals surface area contributed by atoms with Crippen LogP contribution in [-0.4, -0.2) is 21.4 Å². The van der Waals surface area contributed by atoms with Crippen LogP contribution in [0.25, 0.3) is 0 Å². The van der Waals surface area contributed by atoms with Gasteiger partial charge in [-0.2, -0.15) is 4.98 Å². The number of nitro benzene ring substituents is 1. The summed E-state index contributed by atoms with van der Waals surface area (Å²) in [4.78, 5) is 18.5. The van der Waals surface area contributed by atoms with Crippen molar-refractivity contribution in [1.29, 1.82) is 0 Å². The zero-order valence-electron chi connectivity index (χ0n) is 10.8. The van der Waals surface area contributed by atoms with Crippen molar-refractivity contribution in [1.82, 2.24) is 9.97 Å². The van der Waals surface area contributed by atoms with E-state index in [0.717, 1.165) is 0 Å². The van der Waals surface area contributed by atoms with Gasteiger partial charge in [0, 0.05) is 12.6 Å². The SMILES string of the molecule is CCNc1ncc(Br)c(Oc2cc([N+](=O)[O-])ccc2Cl)n1. The average Bonchev–Trinajstić information content (AvgIpc) is 2.45. The Balaban J connectivity index is 2.35. The molecule has 0 bridgehead atoms. The molecule has 0 spiro atoms. The van der Waals surface area contributed by atoms with Gasteiger partial charge in [0.2, 0.25) is 11.8 Å². The Kier molecular flexibility index (Phi) is 4.92. The van der Waals surface area contributed by atoms with Gasteiger partial charge < -0.3 is 10.1 Å². The van der Waals surface area contributed by atoms with Crippen LogP contribution in [0.2, 0.25) is 5.02 Å². The number of benzene rings is 1. The van der Waals surface area contributed by atoms with Gasteiger partial charge in [-0.1, -0.05) is 11.6 Å². The molecule has 1 aromatic carbocycles. The highest BCUT2D eigenvalue weighted by molar-refractivity contribution is 9.10. The number of nitrogens with zero attached hydrogens (tertiary/aromatic N) is 3. The van der Waals surface area contributed by atoms with E-state index in [0.29, 0.717) is 17.0 Å². The van der Waals surface area contributed by atoms with Crippen LogP contribution in [0.15, 0.2) is 28.9 Å². The van der Waals surface area contributed by atoms with Crippen molar-refractivity contribution in [2.45, 2.75) is 6.92 Å². The number of ether oxygens (including phenoxy) is 1. The maximum absolute atomic E-state index is 10.8. The van der Waals surface area contributed by atoms with Crippen molar-refractivity contribution in [2.75, 3.05) is 11.9 Å². The third kappa shape index (κ3) is 3.79. The smallest absolute Gasteiger partial charge is 0.273 e. The summed E-state index contributed by atoms with van der Waals surface area (Å²) in [6.45, 7) is 2.56. The van der Waals surface area contributed by atoms with Crippen LogP contribution in [0.4, 0.5) is 11.6 Å². The van der Waals surface area contributed by atoms with Gasteiger partial charge in [0.1, 0.15) is 0 Å². The number of hydrogen-bond donors (Lipinski definition) is 1. The summed E-state index contributed by atoms with van der Waals surface area (Å²) in [5, 5.41) is 14.0. The van der Waals surface area contributed by atoms with Crippen LogP contribution in [0, 0.1) is 10.1 Å². The number of nitro groups is 1. The molecule has 1 N–H and O–H groups in total. The first kappa shape index (κ1) is 15.5. The van der Waals surface area contributed by atoms with Crippen molar-refractivity contribution in [3.63, 3.8) is 0 Å². The number of nitrogens with one attached hydrogen (secondary N) is 1. The van der Waals surface area contributed by atoms with Crippen LogP contribution < -0.4 is 10.1 Å². The molecule has 0 saturated heterocycles. The fourth-order valence-corrected chi connectivity index (χ4v) is 1.88. The van der Waals surface area contributed by atoms with Crippen LogP contribution in [0.1, 0.15) is 6.92 Å². The molecule has 21 heavy (non-hydrogen) atoms. The lowest BCUT2D eigenvalue weighted by atomic mass is 10.3. The van der Waals surface area contributed by atoms with Crippen LogP contribution in [-0.2, 0) is 0 Å². The van der Waals surface area contributed by atoms with E-state index in [2.05, 4.69) is 31.2 Å². The van der Waals surface area contributed by atoms with Crippen molar-refractivity contribution < 1.29 is 9.66 Å². The number of aromatic nitrogens is 2. The minimum Gasteiger partial charge on any atom is -0.436 e. The van der Waals surface area contributed by atoms with Crippen LogP contribution in [0.5, 0.6) is 11.6 Å². The molecule has 0 radical (unpaired) electrons. The van der Waals surface area contributed by atoms with Crippen molar-refractivity contribution >= 4 is 39.2 Å². The molecule has 0 unspecified atom stereocenters. The molecule has 0 atom stereocenters. The molecule has 2 aromatic rings. The van der Waals surface area contributed by atoms with Gasteiger partial charge in [-0.05, 0) is 28.9 Å². The first-order valence-corrected chi connectivity index (χ1v) is 7.06. The molecule has 0 amide bonds.